The van der Waals surface area contributed by atoms with E-state index in [4.69, 9.17) is 14.2 Å². The molecule has 0 saturated carbocycles. The maximum Gasteiger partial charge on any atom is 0.234 e. The van der Waals surface area contributed by atoms with Gasteiger partial charge in [0.2, 0.25) is 5.91 Å². The summed E-state index contributed by atoms with van der Waals surface area (Å²) in [4.78, 5) is 16.3. The Kier molecular flexibility index (Phi) is 7.91. The fourth-order valence-electron chi connectivity index (χ4n) is 3.63. The number of amides is 1. The lowest BCUT2D eigenvalue weighted by Crippen LogP contribution is -2.41. The third kappa shape index (κ3) is 6.19. The van der Waals surface area contributed by atoms with E-state index < -0.39 is 0 Å². The molecular weight excluding hydrogens is 388 g/mol. The molecular formula is C22H30N2O4S. The highest BCUT2D eigenvalue weighted by molar-refractivity contribution is 7.09. The predicted molar refractivity (Wildman–Crippen MR) is 115 cm³/mol. The van der Waals surface area contributed by atoms with E-state index in [1.54, 1.807) is 25.6 Å². The van der Waals surface area contributed by atoms with Crippen LogP contribution in [-0.4, -0.2) is 50.8 Å². The zero-order valence-electron chi connectivity index (χ0n) is 17.3. The number of nitrogens with one attached hydrogen (secondary N) is 1. The van der Waals surface area contributed by atoms with Crippen molar-refractivity contribution in [2.24, 2.45) is 0 Å². The number of ether oxygens (including phenoxy) is 3. The van der Waals surface area contributed by atoms with E-state index in [9.17, 15) is 4.79 Å². The Morgan fingerprint density at radius 2 is 2.21 bits per heavy atom. The molecule has 2 aromatic rings. The van der Waals surface area contributed by atoms with Crippen molar-refractivity contribution in [1.29, 1.82) is 0 Å². The van der Waals surface area contributed by atoms with E-state index in [-0.39, 0.29) is 18.1 Å². The molecule has 158 valence electrons. The van der Waals surface area contributed by atoms with E-state index in [2.05, 4.69) is 21.7 Å². The van der Waals surface area contributed by atoms with Crippen LogP contribution in [0.5, 0.6) is 11.5 Å². The lowest BCUT2D eigenvalue weighted by atomic mass is 10.1. The number of thiophene rings is 1. The zero-order valence-corrected chi connectivity index (χ0v) is 18.2. The van der Waals surface area contributed by atoms with Crippen LogP contribution in [0.15, 0.2) is 35.7 Å². The van der Waals surface area contributed by atoms with Crippen LogP contribution < -0.4 is 14.8 Å². The van der Waals surface area contributed by atoms with Crippen molar-refractivity contribution in [2.75, 3.05) is 33.9 Å². The molecule has 1 aromatic carbocycles. The summed E-state index contributed by atoms with van der Waals surface area (Å²) in [5.41, 5.74) is 0.893. The average molecular weight is 419 g/mol. The molecule has 1 aliphatic heterocycles. The first-order valence-corrected chi connectivity index (χ1v) is 10.8. The summed E-state index contributed by atoms with van der Waals surface area (Å²) < 4.78 is 16.6. The van der Waals surface area contributed by atoms with Gasteiger partial charge in [-0.05, 0) is 49.4 Å². The Bertz CT molecular complexity index is 775. The molecule has 1 amide bonds. The van der Waals surface area contributed by atoms with Crippen LogP contribution in [0.25, 0.3) is 0 Å². The number of nitrogens with zero attached hydrogens (tertiary/aromatic N) is 1. The van der Waals surface area contributed by atoms with Gasteiger partial charge in [0, 0.05) is 30.1 Å². The van der Waals surface area contributed by atoms with E-state index in [1.807, 2.05) is 31.2 Å². The molecule has 2 heterocycles. The van der Waals surface area contributed by atoms with Crippen LogP contribution in [0.2, 0.25) is 0 Å². The number of benzene rings is 1. The molecule has 1 saturated heterocycles. The van der Waals surface area contributed by atoms with Crippen LogP contribution >= 0.6 is 11.3 Å². The summed E-state index contributed by atoms with van der Waals surface area (Å²) in [5, 5.41) is 5.17. The molecule has 0 spiro atoms. The smallest absolute Gasteiger partial charge is 0.234 e. The van der Waals surface area contributed by atoms with Gasteiger partial charge in [0.25, 0.3) is 0 Å². The number of hydrogen-bond acceptors (Lipinski definition) is 6. The van der Waals surface area contributed by atoms with Gasteiger partial charge in [0.15, 0.2) is 0 Å². The Balaban J connectivity index is 1.64. The maximum absolute atomic E-state index is 12.8. The van der Waals surface area contributed by atoms with Gasteiger partial charge in [0.05, 0.1) is 32.9 Å². The maximum atomic E-state index is 12.8. The monoisotopic (exact) mass is 418 g/mol. The fourth-order valence-corrected chi connectivity index (χ4v) is 4.38. The van der Waals surface area contributed by atoms with Crippen molar-refractivity contribution < 1.29 is 19.0 Å². The molecule has 2 unspecified atom stereocenters. The fraction of sp³-hybridized carbons (Fsp3) is 0.500. The third-order valence-corrected chi connectivity index (χ3v) is 5.95. The second-order valence-electron chi connectivity index (χ2n) is 7.28. The topological polar surface area (TPSA) is 60.0 Å². The van der Waals surface area contributed by atoms with Gasteiger partial charge in [-0.25, -0.2) is 0 Å². The number of hydrogen-bond donors (Lipinski definition) is 1. The molecule has 3 rings (SSSR count). The Hall–Kier alpha value is -2.09. The number of rotatable bonds is 10. The van der Waals surface area contributed by atoms with E-state index in [0.29, 0.717) is 6.54 Å². The first kappa shape index (κ1) is 21.6. The van der Waals surface area contributed by atoms with Gasteiger partial charge < -0.3 is 19.5 Å². The summed E-state index contributed by atoms with van der Waals surface area (Å²) in [5.74, 6) is 1.45. The minimum Gasteiger partial charge on any atom is -0.497 e. The predicted octanol–water partition coefficient (Wildman–Crippen LogP) is 3.62. The lowest BCUT2D eigenvalue weighted by molar-refractivity contribution is -0.123. The molecule has 1 fully saturated rings. The number of methoxy groups -OCH3 is 2. The lowest BCUT2D eigenvalue weighted by Gasteiger charge is -2.25. The molecule has 6 nitrogen and oxygen atoms in total. The van der Waals surface area contributed by atoms with E-state index >= 15 is 0 Å². The highest BCUT2D eigenvalue weighted by Crippen LogP contribution is 2.29. The normalized spacial score (nSPS) is 17.3. The second-order valence-corrected chi connectivity index (χ2v) is 8.31. The first-order chi connectivity index (χ1) is 14.1. The van der Waals surface area contributed by atoms with Gasteiger partial charge in [-0.15, -0.1) is 11.3 Å². The summed E-state index contributed by atoms with van der Waals surface area (Å²) in [6.45, 7) is 4.62. The molecule has 29 heavy (non-hydrogen) atoms. The summed E-state index contributed by atoms with van der Waals surface area (Å²) in [6, 6.07) is 9.56. The van der Waals surface area contributed by atoms with Gasteiger partial charge >= 0.3 is 0 Å². The minimum atomic E-state index is -0.195. The van der Waals surface area contributed by atoms with Crippen molar-refractivity contribution in [3.8, 4) is 11.5 Å². The SMILES string of the molecule is COc1ccc(OC)c(C(C)NC(=O)CN(Cc2cccs2)CC2CCCO2)c1. The summed E-state index contributed by atoms with van der Waals surface area (Å²) in [6.07, 6.45) is 2.36. The van der Waals surface area contributed by atoms with E-state index in [1.165, 1.54) is 4.88 Å². The van der Waals surface area contributed by atoms with Crippen LogP contribution in [0.3, 0.4) is 0 Å². The molecule has 1 aliphatic rings. The second kappa shape index (κ2) is 10.6. The highest BCUT2D eigenvalue weighted by atomic mass is 32.1. The molecule has 0 aliphatic carbocycles. The molecule has 0 bridgehead atoms. The number of carbonyl (C=O) groups excluding carboxylic acids is 1. The van der Waals surface area contributed by atoms with Crippen molar-refractivity contribution in [1.82, 2.24) is 10.2 Å². The Labute approximate surface area is 176 Å². The molecule has 0 radical (unpaired) electrons. The molecule has 1 aromatic heterocycles. The minimum absolute atomic E-state index is 0.0167. The average Bonchev–Trinajstić information content (AvgIpc) is 3.41. The Morgan fingerprint density at radius 1 is 1.34 bits per heavy atom. The van der Waals surface area contributed by atoms with Gasteiger partial charge in [0.1, 0.15) is 11.5 Å². The summed E-state index contributed by atoms with van der Waals surface area (Å²) >= 11 is 1.71. The van der Waals surface area contributed by atoms with Crippen molar-refractivity contribution in [3.63, 3.8) is 0 Å². The number of carbonyl (C=O) groups is 1. The van der Waals surface area contributed by atoms with Crippen molar-refractivity contribution in [3.05, 3.63) is 46.2 Å². The largest absolute Gasteiger partial charge is 0.497 e. The van der Waals surface area contributed by atoms with E-state index in [0.717, 1.165) is 49.6 Å². The van der Waals surface area contributed by atoms with Crippen LogP contribution in [-0.2, 0) is 16.1 Å². The molecule has 2 atom stereocenters. The summed E-state index contributed by atoms with van der Waals surface area (Å²) in [7, 11) is 3.26. The van der Waals surface area contributed by atoms with Crippen LogP contribution in [0.1, 0.15) is 36.2 Å². The van der Waals surface area contributed by atoms with Gasteiger partial charge in [-0.2, -0.15) is 0 Å². The Morgan fingerprint density at radius 3 is 2.86 bits per heavy atom. The zero-order chi connectivity index (χ0) is 20.6. The van der Waals surface area contributed by atoms with Crippen molar-refractivity contribution in [2.45, 2.75) is 38.5 Å². The molecule has 1 N–H and O–H groups in total. The standard InChI is InChI=1S/C22H30N2O4S/c1-16(20-12-17(26-2)8-9-21(20)27-3)23-22(25)15-24(13-18-6-4-10-28-18)14-19-7-5-11-29-19/h5,7-9,11-12,16,18H,4,6,10,13-15H2,1-3H3,(H,23,25). The third-order valence-electron chi connectivity index (χ3n) is 5.09. The highest BCUT2D eigenvalue weighted by Gasteiger charge is 2.22. The van der Waals surface area contributed by atoms with Gasteiger partial charge in [-0.1, -0.05) is 6.07 Å². The van der Waals surface area contributed by atoms with Crippen LogP contribution in [0.4, 0.5) is 0 Å². The van der Waals surface area contributed by atoms with Crippen molar-refractivity contribution >= 4 is 17.2 Å². The first-order valence-electron chi connectivity index (χ1n) is 9.96. The molecule has 7 heteroatoms. The van der Waals surface area contributed by atoms with Gasteiger partial charge in [-0.3, -0.25) is 9.69 Å². The quantitative estimate of drug-likeness (QED) is 0.639. The van der Waals surface area contributed by atoms with Crippen LogP contribution in [0, 0.1) is 0 Å².